The lowest BCUT2D eigenvalue weighted by Crippen LogP contribution is -2.45. The minimum absolute atomic E-state index is 0.210. The van der Waals surface area contributed by atoms with Crippen molar-refractivity contribution in [2.75, 3.05) is 33.3 Å². The fraction of sp³-hybridized carbons (Fsp3) is 0.565. The molecule has 0 radical (unpaired) electrons. The van der Waals surface area contributed by atoms with E-state index in [9.17, 15) is 4.79 Å². The third-order valence-electron chi connectivity index (χ3n) is 6.81. The van der Waals surface area contributed by atoms with Gasteiger partial charge in [-0.25, -0.2) is 4.79 Å². The van der Waals surface area contributed by atoms with Gasteiger partial charge in [-0.15, -0.1) is 0 Å². The van der Waals surface area contributed by atoms with E-state index in [0.717, 1.165) is 74.9 Å². The second kappa shape index (κ2) is 8.90. The quantitative estimate of drug-likeness (QED) is 0.603. The molecule has 9 nitrogen and oxygen atoms in total. The first-order chi connectivity index (χ1) is 15.7. The van der Waals surface area contributed by atoms with E-state index in [4.69, 9.17) is 19.3 Å². The number of hydrogen-bond acceptors (Lipinski definition) is 7. The minimum atomic E-state index is -0.210. The number of hydrogen-bond donors (Lipinski definition) is 0. The zero-order chi connectivity index (χ0) is 22.1. The summed E-state index contributed by atoms with van der Waals surface area (Å²) in [5.41, 5.74) is 2.03. The first-order valence-electron chi connectivity index (χ1n) is 11.6. The van der Waals surface area contributed by atoms with Crippen LogP contribution >= 0.6 is 0 Å². The molecule has 1 amide bonds. The Hall–Kier alpha value is -2.94. The fourth-order valence-electron chi connectivity index (χ4n) is 5.07. The molecule has 1 atom stereocenters. The van der Waals surface area contributed by atoms with Gasteiger partial charge >= 0.3 is 6.09 Å². The Kier molecular flexibility index (Phi) is 5.82. The van der Waals surface area contributed by atoms with Crippen molar-refractivity contribution >= 4 is 17.0 Å². The Morgan fingerprint density at radius 2 is 2.00 bits per heavy atom. The molecule has 0 unspecified atom stereocenters. The van der Waals surface area contributed by atoms with Crippen molar-refractivity contribution < 1.29 is 14.1 Å². The number of fused-ring (bicyclic) bond motifs is 1. The zero-order valence-corrected chi connectivity index (χ0v) is 18.7. The van der Waals surface area contributed by atoms with Crippen LogP contribution in [0.5, 0.6) is 0 Å². The van der Waals surface area contributed by atoms with E-state index in [1.54, 1.807) is 4.68 Å². The molecule has 2 fully saturated rings. The number of aromatic nitrogens is 4. The molecule has 0 N–H and O–H groups in total. The largest absolute Gasteiger partial charge is 0.453 e. The standard InChI is InChI=1S/C23H30N6O3/c1-3-19-18-8-4-5-9-20(18)29(25-19)22-24-21(32-26-22)16-10-13-27(14-11-16)15-17-7-6-12-28(17)23(30)31-2/h4-5,8-9,16-17H,3,6-7,10-15H2,1-2H3/t17-/m1/s1. The molecule has 1 aromatic carbocycles. The van der Waals surface area contributed by atoms with Gasteiger partial charge in [-0.1, -0.05) is 25.1 Å². The number of para-hydroxylation sites is 1. The third kappa shape index (κ3) is 3.85. The number of nitrogens with zero attached hydrogens (tertiary/aromatic N) is 6. The highest BCUT2D eigenvalue weighted by Gasteiger charge is 2.33. The first-order valence-corrected chi connectivity index (χ1v) is 11.6. The summed E-state index contributed by atoms with van der Waals surface area (Å²) in [5.74, 6) is 1.44. The van der Waals surface area contributed by atoms with E-state index >= 15 is 0 Å². The first kappa shape index (κ1) is 20.9. The van der Waals surface area contributed by atoms with Crippen LogP contribution < -0.4 is 0 Å². The Labute approximate surface area is 187 Å². The number of amides is 1. The number of methoxy groups -OCH3 is 1. The second-order valence-corrected chi connectivity index (χ2v) is 8.70. The molecule has 9 heteroatoms. The van der Waals surface area contributed by atoms with E-state index in [1.165, 1.54) is 7.11 Å². The number of piperidine rings is 1. The number of carbonyl (C=O) groups is 1. The van der Waals surface area contributed by atoms with Gasteiger partial charge < -0.3 is 19.1 Å². The predicted octanol–water partition coefficient (Wildman–Crippen LogP) is 3.38. The number of ether oxygens (including phenoxy) is 1. The maximum Gasteiger partial charge on any atom is 0.409 e. The minimum Gasteiger partial charge on any atom is -0.453 e. The maximum absolute atomic E-state index is 12.0. The van der Waals surface area contributed by atoms with E-state index in [-0.39, 0.29) is 18.1 Å². The van der Waals surface area contributed by atoms with Gasteiger partial charge in [-0.2, -0.15) is 14.8 Å². The summed E-state index contributed by atoms with van der Waals surface area (Å²) in [6.45, 7) is 5.71. The molecule has 0 saturated carbocycles. The van der Waals surface area contributed by atoms with E-state index in [2.05, 4.69) is 23.0 Å². The SMILES string of the molecule is CCc1nn(-c2noc(C3CCN(C[C@H]4CCCN4C(=O)OC)CC3)n2)c2ccccc12. The summed E-state index contributed by atoms with van der Waals surface area (Å²) in [6.07, 6.45) is 4.66. The van der Waals surface area contributed by atoms with Crippen molar-refractivity contribution in [2.45, 2.75) is 51.0 Å². The summed E-state index contributed by atoms with van der Waals surface area (Å²) in [6, 6.07) is 8.40. The average Bonchev–Trinajstić information content (AvgIpc) is 3.57. The van der Waals surface area contributed by atoms with Crippen LogP contribution in [0.3, 0.4) is 0 Å². The highest BCUT2D eigenvalue weighted by molar-refractivity contribution is 5.83. The zero-order valence-electron chi connectivity index (χ0n) is 18.7. The van der Waals surface area contributed by atoms with E-state index in [1.807, 2.05) is 23.1 Å². The van der Waals surface area contributed by atoms with Crippen LogP contribution in [-0.4, -0.2) is 75.1 Å². The topological polar surface area (TPSA) is 89.5 Å². The van der Waals surface area contributed by atoms with Crippen molar-refractivity contribution in [3.63, 3.8) is 0 Å². The van der Waals surface area contributed by atoms with Crippen molar-refractivity contribution in [2.24, 2.45) is 0 Å². The van der Waals surface area contributed by atoms with Gasteiger partial charge in [-0.3, -0.25) is 0 Å². The van der Waals surface area contributed by atoms with Crippen molar-refractivity contribution in [3.8, 4) is 5.95 Å². The Balaban J connectivity index is 1.24. The van der Waals surface area contributed by atoms with Gasteiger partial charge in [0.1, 0.15) is 0 Å². The van der Waals surface area contributed by atoms with Gasteiger partial charge in [0.05, 0.1) is 18.3 Å². The molecule has 5 rings (SSSR count). The summed E-state index contributed by atoms with van der Waals surface area (Å²) in [5, 5.41) is 10.1. The monoisotopic (exact) mass is 438 g/mol. The highest BCUT2D eigenvalue weighted by atomic mass is 16.5. The molecule has 2 aliphatic heterocycles. The molecule has 2 saturated heterocycles. The number of carbonyl (C=O) groups excluding carboxylic acids is 1. The molecule has 3 aromatic rings. The normalized spacial score (nSPS) is 20.3. The average molecular weight is 439 g/mol. The van der Waals surface area contributed by atoms with Crippen LogP contribution in [0.2, 0.25) is 0 Å². The van der Waals surface area contributed by atoms with Crippen molar-refractivity contribution in [1.29, 1.82) is 0 Å². The van der Waals surface area contributed by atoms with Crippen molar-refractivity contribution in [3.05, 3.63) is 35.9 Å². The van der Waals surface area contributed by atoms with Crippen LogP contribution in [-0.2, 0) is 11.2 Å². The molecule has 0 bridgehead atoms. The molecule has 0 spiro atoms. The third-order valence-corrected chi connectivity index (χ3v) is 6.81. The lowest BCUT2D eigenvalue weighted by Gasteiger charge is -2.34. The van der Waals surface area contributed by atoms with Gasteiger partial charge in [0.2, 0.25) is 5.89 Å². The van der Waals surface area contributed by atoms with Gasteiger partial charge in [0.25, 0.3) is 5.95 Å². The van der Waals surface area contributed by atoms with Crippen molar-refractivity contribution in [1.82, 2.24) is 29.7 Å². The maximum atomic E-state index is 12.0. The lowest BCUT2D eigenvalue weighted by molar-refractivity contribution is 0.101. The number of aryl methyl sites for hydroxylation is 1. The Bertz CT molecular complexity index is 1080. The van der Waals surface area contributed by atoms with Crippen LogP contribution in [0, 0.1) is 0 Å². The molecule has 2 aliphatic rings. The van der Waals surface area contributed by atoms with Gasteiger partial charge in [-0.05, 0) is 56.4 Å². The number of rotatable bonds is 5. The summed E-state index contributed by atoms with van der Waals surface area (Å²) < 4.78 is 12.4. The summed E-state index contributed by atoms with van der Waals surface area (Å²) >= 11 is 0. The molecule has 2 aromatic heterocycles. The molecular weight excluding hydrogens is 408 g/mol. The van der Waals surface area contributed by atoms with Crippen LogP contribution in [0.1, 0.15) is 50.1 Å². The Morgan fingerprint density at radius 1 is 1.19 bits per heavy atom. The number of benzene rings is 1. The Morgan fingerprint density at radius 3 is 2.78 bits per heavy atom. The summed E-state index contributed by atoms with van der Waals surface area (Å²) in [7, 11) is 1.46. The van der Waals surface area contributed by atoms with Gasteiger partial charge in [0.15, 0.2) is 0 Å². The van der Waals surface area contributed by atoms with E-state index < -0.39 is 0 Å². The second-order valence-electron chi connectivity index (χ2n) is 8.70. The van der Waals surface area contributed by atoms with E-state index in [0.29, 0.717) is 11.8 Å². The molecule has 0 aliphatic carbocycles. The molecule has 4 heterocycles. The smallest absolute Gasteiger partial charge is 0.409 e. The predicted molar refractivity (Wildman–Crippen MR) is 119 cm³/mol. The lowest BCUT2D eigenvalue weighted by atomic mass is 9.96. The number of likely N-dealkylation sites (tertiary alicyclic amines) is 2. The van der Waals surface area contributed by atoms with Gasteiger partial charge in [0, 0.05) is 30.4 Å². The fourth-order valence-corrected chi connectivity index (χ4v) is 5.07. The summed E-state index contributed by atoms with van der Waals surface area (Å²) in [4.78, 5) is 21.0. The van der Waals surface area contributed by atoms with Crippen LogP contribution in [0.25, 0.3) is 16.9 Å². The molecular formula is C23H30N6O3. The highest BCUT2D eigenvalue weighted by Crippen LogP contribution is 2.29. The van der Waals surface area contributed by atoms with Crippen LogP contribution in [0.4, 0.5) is 4.79 Å². The molecule has 32 heavy (non-hydrogen) atoms. The molecule has 170 valence electrons. The van der Waals surface area contributed by atoms with Crippen LogP contribution in [0.15, 0.2) is 28.8 Å².